The van der Waals surface area contributed by atoms with Gasteiger partial charge in [0, 0.05) is 12.1 Å². The van der Waals surface area contributed by atoms with E-state index in [1.165, 1.54) is 18.2 Å². The fraction of sp³-hybridized carbons (Fsp3) is 0.158. The minimum Gasteiger partial charge on any atom is -0.497 e. The van der Waals surface area contributed by atoms with Crippen LogP contribution < -0.4 is 14.8 Å². The van der Waals surface area contributed by atoms with Gasteiger partial charge >= 0.3 is 5.69 Å². The van der Waals surface area contributed by atoms with Gasteiger partial charge in [-0.3, -0.25) is 14.9 Å². The summed E-state index contributed by atoms with van der Waals surface area (Å²) in [6.07, 6.45) is 1.57. The average Bonchev–Trinajstić information content (AvgIpc) is 3.13. The Bertz CT molecular complexity index is 968. The number of nitrogens with one attached hydrogen (secondary N) is 1. The fourth-order valence-corrected chi connectivity index (χ4v) is 2.52. The summed E-state index contributed by atoms with van der Waals surface area (Å²) < 4.78 is 12.1. The molecule has 0 fully saturated rings. The minimum absolute atomic E-state index is 0.0365. The molecule has 28 heavy (non-hydrogen) atoms. The molecule has 0 atom stereocenters. The number of amides is 1. The van der Waals surface area contributed by atoms with E-state index in [0.29, 0.717) is 12.4 Å². The Morgan fingerprint density at radius 2 is 1.93 bits per heavy atom. The van der Waals surface area contributed by atoms with Crippen LogP contribution in [0.4, 0.5) is 11.5 Å². The Labute approximate surface area is 160 Å². The van der Waals surface area contributed by atoms with E-state index in [4.69, 9.17) is 9.47 Å². The Kier molecular flexibility index (Phi) is 5.85. The van der Waals surface area contributed by atoms with Crippen molar-refractivity contribution in [3.63, 3.8) is 0 Å². The Morgan fingerprint density at radius 1 is 1.18 bits per heavy atom. The van der Waals surface area contributed by atoms with E-state index in [-0.39, 0.29) is 18.0 Å². The summed E-state index contributed by atoms with van der Waals surface area (Å²) >= 11 is 0. The fourth-order valence-electron chi connectivity index (χ4n) is 2.52. The predicted molar refractivity (Wildman–Crippen MR) is 102 cm³/mol. The molecule has 0 aliphatic carbocycles. The molecule has 144 valence electrons. The normalized spacial score (nSPS) is 10.3. The van der Waals surface area contributed by atoms with Gasteiger partial charge in [-0.25, -0.2) is 4.68 Å². The van der Waals surface area contributed by atoms with E-state index in [9.17, 15) is 14.9 Å². The number of hydrogen-bond donors (Lipinski definition) is 1. The van der Waals surface area contributed by atoms with Crippen LogP contribution in [-0.4, -0.2) is 34.3 Å². The van der Waals surface area contributed by atoms with Crippen molar-refractivity contribution in [1.29, 1.82) is 0 Å². The van der Waals surface area contributed by atoms with Crippen LogP contribution in [0.25, 0.3) is 0 Å². The third-order valence-electron chi connectivity index (χ3n) is 3.90. The van der Waals surface area contributed by atoms with E-state index in [0.717, 1.165) is 11.3 Å². The van der Waals surface area contributed by atoms with Gasteiger partial charge in [0.15, 0.2) is 12.4 Å². The van der Waals surface area contributed by atoms with Crippen molar-refractivity contribution in [2.45, 2.75) is 6.54 Å². The molecule has 0 aliphatic heterocycles. The molecule has 3 rings (SSSR count). The van der Waals surface area contributed by atoms with Crippen molar-refractivity contribution in [2.24, 2.45) is 0 Å². The van der Waals surface area contributed by atoms with E-state index in [1.807, 2.05) is 24.3 Å². The van der Waals surface area contributed by atoms with Gasteiger partial charge in [-0.15, -0.1) is 0 Å². The van der Waals surface area contributed by atoms with Crippen molar-refractivity contribution in [3.05, 3.63) is 76.5 Å². The molecule has 9 nitrogen and oxygen atoms in total. The summed E-state index contributed by atoms with van der Waals surface area (Å²) in [7, 11) is 1.60. The SMILES string of the molecule is COc1ccc(Cn2nccc2NC(=O)COc2ccccc2[N+](=O)[O-])cc1. The number of nitro groups is 1. The molecule has 1 heterocycles. The molecule has 0 spiro atoms. The quantitative estimate of drug-likeness (QED) is 0.474. The summed E-state index contributed by atoms with van der Waals surface area (Å²) in [5.41, 5.74) is 0.788. The van der Waals surface area contributed by atoms with Crippen molar-refractivity contribution < 1.29 is 19.2 Å². The topological polar surface area (TPSA) is 109 Å². The molecule has 1 N–H and O–H groups in total. The lowest BCUT2D eigenvalue weighted by atomic mass is 10.2. The van der Waals surface area contributed by atoms with Crippen LogP contribution in [0.5, 0.6) is 11.5 Å². The largest absolute Gasteiger partial charge is 0.497 e. The van der Waals surface area contributed by atoms with Gasteiger partial charge in [-0.1, -0.05) is 24.3 Å². The van der Waals surface area contributed by atoms with E-state index < -0.39 is 10.8 Å². The number of hydrogen-bond acceptors (Lipinski definition) is 6. The monoisotopic (exact) mass is 382 g/mol. The molecule has 0 saturated heterocycles. The van der Waals surface area contributed by atoms with E-state index in [1.54, 1.807) is 30.1 Å². The van der Waals surface area contributed by atoms with Crippen LogP contribution in [0.3, 0.4) is 0 Å². The number of nitro benzene ring substituents is 1. The van der Waals surface area contributed by atoms with Gasteiger partial charge in [-0.05, 0) is 23.8 Å². The van der Waals surface area contributed by atoms with Crippen molar-refractivity contribution in [3.8, 4) is 11.5 Å². The second-order valence-electron chi connectivity index (χ2n) is 5.78. The number of ether oxygens (including phenoxy) is 2. The zero-order valence-electron chi connectivity index (χ0n) is 15.1. The highest BCUT2D eigenvalue weighted by molar-refractivity contribution is 5.91. The summed E-state index contributed by atoms with van der Waals surface area (Å²) in [5, 5.41) is 17.9. The number of para-hydroxylation sites is 2. The second-order valence-corrected chi connectivity index (χ2v) is 5.78. The summed E-state index contributed by atoms with van der Waals surface area (Å²) in [6, 6.07) is 15.1. The highest BCUT2D eigenvalue weighted by atomic mass is 16.6. The first-order chi connectivity index (χ1) is 13.6. The van der Waals surface area contributed by atoms with Crippen molar-refractivity contribution >= 4 is 17.4 Å². The highest BCUT2D eigenvalue weighted by Crippen LogP contribution is 2.25. The number of carbonyl (C=O) groups is 1. The van der Waals surface area contributed by atoms with Crippen LogP contribution in [0.15, 0.2) is 60.8 Å². The summed E-state index contributed by atoms with van der Waals surface area (Å²) in [4.78, 5) is 22.6. The van der Waals surface area contributed by atoms with Gasteiger partial charge in [0.1, 0.15) is 11.6 Å². The number of anilines is 1. The number of methoxy groups -OCH3 is 1. The predicted octanol–water partition coefficient (Wildman–Crippen LogP) is 2.87. The van der Waals surface area contributed by atoms with Crippen LogP contribution >= 0.6 is 0 Å². The Morgan fingerprint density at radius 3 is 2.64 bits per heavy atom. The highest BCUT2D eigenvalue weighted by Gasteiger charge is 2.15. The number of nitrogens with zero attached hydrogens (tertiary/aromatic N) is 3. The van der Waals surface area contributed by atoms with Gasteiger partial charge in [0.2, 0.25) is 0 Å². The molecular formula is C19H18N4O5. The van der Waals surface area contributed by atoms with Crippen molar-refractivity contribution in [1.82, 2.24) is 9.78 Å². The Balaban J connectivity index is 1.61. The van der Waals surface area contributed by atoms with Crippen LogP contribution in [0.2, 0.25) is 0 Å². The van der Waals surface area contributed by atoms with Gasteiger partial charge in [0.05, 0.1) is 24.8 Å². The molecule has 3 aromatic rings. The average molecular weight is 382 g/mol. The molecule has 9 heteroatoms. The lowest BCUT2D eigenvalue weighted by Crippen LogP contribution is -2.22. The van der Waals surface area contributed by atoms with Gasteiger partial charge < -0.3 is 14.8 Å². The molecular weight excluding hydrogens is 364 g/mol. The second kappa shape index (κ2) is 8.67. The molecule has 1 aromatic heterocycles. The number of benzene rings is 2. The van der Waals surface area contributed by atoms with Gasteiger partial charge in [0.25, 0.3) is 5.91 Å². The van der Waals surface area contributed by atoms with E-state index >= 15 is 0 Å². The molecule has 2 aromatic carbocycles. The smallest absolute Gasteiger partial charge is 0.310 e. The Hall–Kier alpha value is -3.88. The maximum Gasteiger partial charge on any atom is 0.310 e. The molecule has 0 aliphatic rings. The minimum atomic E-state index is -0.558. The molecule has 1 amide bonds. The first-order valence-electron chi connectivity index (χ1n) is 8.37. The summed E-state index contributed by atoms with van der Waals surface area (Å²) in [6.45, 7) is 0.0934. The van der Waals surface area contributed by atoms with Crippen LogP contribution in [-0.2, 0) is 11.3 Å². The maximum atomic E-state index is 12.2. The zero-order valence-corrected chi connectivity index (χ0v) is 15.1. The number of aromatic nitrogens is 2. The van der Waals surface area contributed by atoms with Gasteiger partial charge in [-0.2, -0.15) is 5.10 Å². The lowest BCUT2D eigenvalue weighted by Gasteiger charge is -2.10. The first-order valence-corrected chi connectivity index (χ1v) is 8.37. The molecule has 0 saturated carbocycles. The maximum absolute atomic E-state index is 12.2. The third kappa shape index (κ3) is 4.64. The standard InChI is InChI=1S/C19H18N4O5/c1-27-15-8-6-14(7-9-15)12-22-18(10-11-20-22)21-19(24)13-28-17-5-3-2-4-16(17)23(25)26/h2-11H,12-13H2,1H3,(H,21,24). The lowest BCUT2D eigenvalue weighted by molar-refractivity contribution is -0.385. The van der Waals surface area contributed by atoms with Crippen LogP contribution in [0.1, 0.15) is 5.56 Å². The number of rotatable bonds is 8. The third-order valence-corrected chi connectivity index (χ3v) is 3.90. The molecule has 0 radical (unpaired) electrons. The number of carbonyl (C=O) groups excluding carboxylic acids is 1. The first kappa shape index (κ1) is 18.9. The zero-order chi connectivity index (χ0) is 19.9. The van der Waals surface area contributed by atoms with E-state index in [2.05, 4.69) is 10.4 Å². The van der Waals surface area contributed by atoms with Crippen LogP contribution in [0, 0.1) is 10.1 Å². The summed E-state index contributed by atoms with van der Waals surface area (Å²) in [5.74, 6) is 0.834. The molecule has 0 unspecified atom stereocenters. The molecule has 0 bridgehead atoms. The van der Waals surface area contributed by atoms with Crippen molar-refractivity contribution in [2.75, 3.05) is 19.0 Å².